The minimum absolute atomic E-state index is 0.0495. The SMILES string of the molecule is COC(=O)C1CC[NH+](CC(=O)Nc2cccc(S(N)(=O)=O)c2)CC1. The smallest absolute Gasteiger partial charge is 0.309 e. The van der Waals surface area contributed by atoms with Crippen LogP contribution < -0.4 is 15.4 Å². The summed E-state index contributed by atoms with van der Waals surface area (Å²) in [5, 5.41) is 7.75. The van der Waals surface area contributed by atoms with E-state index in [1.807, 2.05) is 0 Å². The summed E-state index contributed by atoms with van der Waals surface area (Å²) in [6, 6.07) is 5.81. The van der Waals surface area contributed by atoms with Gasteiger partial charge in [0, 0.05) is 18.5 Å². The molecule has 4 N–H and O–H groups in total. The van der Waals surface area contributed by atoms with Gasteiger partial charge in [0.05, 0.1) is 31.0 Å². The van der Waals surface area contributed by atoms with Crippen molar-refractivity contribution in [3.63, 3.8) is 0 Å². The van der Waals surface area contributed by atoms with Gasteiger partial charge in [-0.2, -0.15) is 0 Å². The third kappa shape index (κ3) is 5.02. The summed E-state index contributed by atoms with van der Waals surface area (Å²) in [5.74, 6) is -0.500. The van der Waals surface area contributed by atoms with Crippen LogP contribution in [0.5, 0.6) is 0 Å². The normalized spacial score (nSPS) is 21.1. The highest BCUT2D eigenvalue weighted by molar-refractivity contribution is 7.89. The van der Waals surface area contributed by atoms with Crippen molar-refractivity contribution in [2.45, 2.75) is 17.7 Å². The second kappa shape index (κ2) is 7.73. The van der Waals surface area contributed by atoms with Gasteiger partial charge in [0.1, 0.15) is 0 Å². The molecule has 1 aromatic rings. The van der Waals surface area contributed by atoms with Crippen LogP contribution in [-0.2, 0) is 24.3 Å². The van der Waals surface area contributed by atoms with Crippen molar-refractivity contribution in [2.24, 2.45) is 11.1 Å². The molecule has 1 amide bonds. The molecule has 0 unspecified atom stereocenters. The van der Waals surface area contributed by atoms with Crippen LogP contribution in [0.1, 0.15) is 12.8 Å². The average molecular weight is 356 g/mol. The van der Waals surface area contributed by atoms with Crippen molar-refractivity contribution in [3.05, 3.63) is 24.3 Å². The Hall–Kier alpha value is -1.97. The molecule has 24 heavy (non-hydrogen) atoms. The third-order valence-corrected chi connectivity index (χ3v) is 5.00. The number of ether oxygens (including phenoxy) is 1. The molecule has 1 saturated heterocycles. The molecule has 1 aromatic carbocycles. The molecular formula is C15H22N3O5S+. The summed E-state index contributed by atoms with van der Waals surface area (Å²) in [7, 11) is -2.43. The Morgan fingerprint density at radius 3 is 2.58 bits per heavy atom. The van der Waals surface area contributed by atoms with Crippen molar-refractivity contribution in [2.75, 3.05) is 32.1 Å². The zero-order valence-electron chi connectivity index (χ0n) is 13.4. The highest BCUT2D eigenvalue weighted by Gasteiger charge is 2.29. The number of rotatable bonds is 5. The Labute approximate surface area is 141 Å². The molecule has 1 aliphatic rings. The Bertz CT molecular complexity index is 712. The fourth-order valence-electron chi connectivity index (χ4n) is 2.79. The molecule has 1 heterocycles. The molecule has 1 aliphatic heterocycles. The molecule has 0 aliphatic carbocycles. The first-order chi connectivity index (χ1) is 11.3. The molecule has 8 nitrogen and oxygen atoms in total. The van der Waals surface area contributed by atoms with Gasteiger partial charge in [-0.3, -0.25) is 9.59 Å². The average Bonchev–Trinajstić information content (AvgIpc) is 2.54. The summed E-state index contributed by atoms with van der Waals surface area (Å²) in [6.45, 7) is 1.68. The van der Waals surface area contributed by atoms with Crippen molar-refractivity contribution < 1.29 is 27.6 Å². The van der Waals surface area contributed by atoms with Gasteiger partial charge in [0.15, 0.2) is 6.54 Å². The quantitative estimate of drug-likeness (QED) is 0.569. The molecule has 0 atom stereocenters. The molecule has 0 radical (unpaired) electrons. The van der Waals surface area contributed by atoms with Gasteiger partial charge in [0.25, 0.3) is 5.91 Å². The number of piperidine rings is 1. The molecule has 0 aromatic heterocycles. The van der Waals surface area contributed by atoms with E-state index < -0.39 is 10.0 Å². The number of quaternary nitrogens is 1. The number of methoxy groups -OCH3 is 1. The second-order valence-electron chi connectivity index (χ2n) is 5.85. The first-order valence-corrected chi connectivity index (χ1v) is 9.18. The van der Waals surface area contributed by atoms with Gasteiger partial charge in [0.2, 0.25) is 10.0 Å². The van der Waals surface area contributed by atoms with E-state index in [4.69, 9.17) is 9.88 Å². The number of hydrogen-bond acceptors (Lipinski definition) is 5. The monoisotopic (exact) mass is 356 g/mol. The molecule has 0 bridgehead atoms. The van der Waals surface area contributed by atoms with Crippen molar-refractivity contribution in [3.8, 4) is 0 Å². The van der Waals surface area contributed by atoms with Gasteiger partial charge in [-0.15, -0.1) is 0 Å². The third-order valence-electron chi connectivity index (χ3n) is 4.08. The number of nitrogens with one attached hydrogen (secondary N) is 2. The minimum Gasteiger partial charge on any atom is -0.469 e. The van der Waals surface area contributed by atoms with Crippen LogP contribution in [0.3, 0.4) is 0 Å². The summed E-state index contributed by atoms with van der Waals surface area (Å²) in [5.41, 5.74) is 0.385. The number of anilines is 1. The summed E-state index contributed by atoms with van der Waals surface area (Å²) >= 11 is 0. The van der Waals surface area contributed by atoms with E-state index in [-0.39, 0.29) is 29.2 Å². The fraction of sp³-hybridized carbons (Fsp3) is 0.467. The maximum Gasteiger partial charge on any atom is 0.309 e. The number of nitrogens with two attached hydrogens (primary N) is 1. The number of amides is 1. The van der Waals surface area contributed by atoms with Gasteiger partial charge >= 0.3 is 5.97 Å². The number of carbonyl (C=O) groups is 2. The maximum absolute atomic E-state index is 12.1. The van der Waals surface area contributed by atoms with E-state index in [0.29, 0.717) is 31.6 Å². The van der Waals surface area contributed by atoms with Gasteiger partial charge in [-0.05, 0) is 18.2 Å². The summed E-state index contributed by atoms with van der Waals surface area (Å²) in [6.07, 6.45) is 1.38. The lowest BCUT2D eigenvalue weighted by Gasteiger charge is -2.27. The Morgan fingerprint density at radius 1 is 1.33 bits per heavy atom. The van der Waals surface area contributed by atoms with Crippen LogP contribution in [0.2, 0.25) is 0 Å². The Morgan fingerprint density at radius 2 is 2.00 bits per heavy atom. The van der Waals surface area contributed by atoms with E-state index in [2.05, 4.69) is 5.32 Å². The van der Waals surface area contributed by atoms with E-state index in [9.17, 15) is 18.0 Å². The molecular weight excluding hydrogens is 334 g/mol. The van der Waals surface area contributed by atoms with Crippen molar-refractivity contribution in [1.82, 2.24) is 0 Å². The summed E-state index contributed by atoms with van der Waals surface area (Å²) < 4.78 is 27.4. The zero-order valence-corrected chi connectivity index (χ0v) is 14.3. The first-order valence-electron chi connectivity index (χ1n) is 7.63. The largest absolute Gasteiger partial charge is 0.469 e. The number of esters is 1. The molecule has 2 rings (SSSR count). The van der Waals surface area contributed by atoms with Crippen LogP contribution in [0.25, 0.3) is 0 Å². The lowest BCUT2D eigenvalue weighted by molar-refractivity contribution is -0.897. The van der Waals surface area contributed by atoms with Gasteiger partial charge in [-0.25, -0.2) is 13.6 Å². The van der Waals surface area contributed by atoms with Gasteiger partial charge < -0.3 is 15.0 Å². The highest BCUT2D eigenvalue weighted by Crippen LogP contribution is 2.14. The molecule has 9 heteroatoms. The molecule has 0 saturated carbocycles. The number of benzene rings is 1. The minimum atomic E-state index is -3.81. The Kier molecular flexibility index (Phi) is 5.92. The van der Waals surface area contributed by atoms with Crippen molar-refractivity contribution >= 4 is 27.6 Å². The zero-order chi connectivity index (χ0) is 17.7. The number of likely N-dealkylation sites (tertiary alicyclic amines) is 1. The topological polar surface area (TPSA) is 120 Å². The number of sulfonamides is 1. The van der Waals surface area contributed by atoms with E-state index in [0.717, 1.165) is 4.90 Å². The lowest BCUT2D eigenvalue weighted by atomic mass is 9.97. The number of primary sulfonamides is 1. The predicted molar refractivity (Wildman–Crippen MR) is 86.7 cm³/mol. The van der Waals surface area contributed by atoms with Crippen LogP contribution in [0.15, 0.2) is 29.2 Å². The second-order valence-corrected chi connectivity index (χ2v) is 7.41. The van der Waals surface area contributed by atoms with E-state index >= 15 is 0 Å². The molecule has 0 spiro atoms. The first kappa shape index (κ1) is 18.4. The van der Waals surface area contributed by atoms with Gasteiger partial charge in [-0.1, -0.05) is 6.07 Å². The summed E-state index contributed by atoms with van der Waals surface area (Å²) in [4.78, 5) is 24.6. The number of hydrogen-bond donors (Lipinski definition) is 3. The van der Waals surface area contributed by atoms with Crippen molar-refractivity contribution in [1.29, 1.82) is 0 Å². The van der Waals surface area contributed by atoms with Crippen LogP contribution in [0.4, 0.5) is 5.69 Å². The van der Waals surface area contributed by atoms with E-state index in [1.165, 1.54) is 25.3 Å². The van der Waals surface area contributed by atoms with Crippen LogP contribution in [-0.4, -0.2) is 47.0 Å². The standard InChI is InChI=1S/C15H21N3O5S/c1-23-15(20)11-5-7-18(8-6-11)10-14(19)17-12-3-2-4-13(9-12)24(16,21)22/h2-4,9,11H,5-8,10H2,1H3,(H,17,19)(H2,16,21,22)/p+1. The maximum atomic E-state index is 12.1. The number of carbonyl (C=O) groups excluding carboxylic acids is 2. The lowest BCUT2D eigenvalue weighted by Crippen LogP contribution is -3.14. The van der Waals surface area contributed by atoms with E-state index in [1.54, 1.807) is 6.07 Å². The van der Waals surface area contributed by atoms with Crippen LogP contribution >= 0.6 is 0 Å². The molecule has 1 fully saturated rings. The fourth-order valence-corrected chi connectivity index (χ4v) is 3.35. The highest BCUT2D eigenvalue weighted by atomic mass is 32.2. The molecule has 132 valence electrons. The van der Waals surface area contributed by atoms with Crippen LogP contribution in [0, 0.1) is 5.92 Å². The Balaban J connectivity index is 1.87. The predicted octanol–water partition coefficient (Wildman–Crippen LogP) is -1.26.